The predicted octanol–water partition coefficient (Wildman–Crippen LogP) is 2.31. The van der Waals surface area contributed by atoms with Gasteiger partial charge in [0.25, 0.3) is 0 Å². The number of hydrogen-bond donors (Lipinski definition) is 2. The van der Waals surface area contributed by atoms with Gasteiger partial charge in [-0.2, -0.15) is 0 Å². The molecule has 0 aliphatic heterocycles. The highest BCUT2D eigenvalue weighted by Crippen LogP contribution is 2.31. The van der Waals surface area contributed by atoms with Crippen LogP contribution in [0.4, 0.5) is 0 Å². The molecule has 5 heteroatoms. The number of H-pyrrole nitrogens is 1. The molecule has 0 amide bonds. The molecule has 0 aliphatic rings. The summed E-state index contributed by atoms with van der Waals surface area (Å²) in [5, 5.41) is 10.7. The lowest BCUT2D eigenvalue weighted by Gasteiger charge is -1.95. The van der Waals surface area contributed by atoms with E-state index in [0.29, 0.717) is 15.9 Å². The monoisotopic (exact) mass is 225 g/mol. The lowest BCUT2D eigenvalue weighted by Crippen LogP contribution is -2.01. The van der Waals surface area contributed by atoms with Crippen LogP contribution in [0.2, 0.25) is 5.02 Å². The molecule has 0 atom stereocenters. The number of carbonyl (C=O) groups is 1. The van der Waals surface area contributed by atoms with Gasteiger partial charge in [0.2, 0.25) is 0 Å². The second-order valence-corrected chi connectivity index (χ2v) is 3.47. The Hall–Kier alpha value is -1.68. The smallest absolute Gasteiger partial charge is 0.358 e. The van der Waals surface area contributed by atoms with Crippen molar-refractivity contribution < 1.29 is 14.6 Å². The van der Waals surface area contributed by atoms with Gasteiger partial charge >= 0.3 is 5.97 Å². The molecule has 78 valence electrons. The maximum Gasteiger partial charge on any atom is 0.358 e. The quantitative estimate of drug-likeness (QED) is 0.732. The number of rotatable bonds is 1. The van der Waals surface area contributed by atoms with Crippen LogP contribution in [0.1, 0.15) is 10.5 Å². The summed E-state index contributed by atoms with van der Waals surface area (Å²) in [6.07, 6.45) is 0. The van der Waals surface area contributed by atoms with Crippen LogP contribution in [0.15, 0.2) is 18.2 Å². The summed E-state index contributed by atoms with van der Waals surface area (Å²) in [5.41, 5.74) is 0.673. The van der Waals surface area contributed by atoms with Crippen molar-refractivity contribution >= 4 is 28.5 Å². The third kappa shape index (κ3) is 1.53. The summed E-state index contributed by atoms with van der Waals surface area (Å²) in [7, 11) is 1.25. The van der Waals surface area contributed by atoms with E-state index in [9.17, 15) is 9.90 Å². The van der Waals surface area contributed by atoms with Crippen molar-refractivity contribution in [2.75, 3.05) is 7.11 Å². The summed E-state index contributed by atoms with van der Waals surface area (Å²) in [6.45, 7) is 0. The first kappa shape index (κ1) is 9.86. The first-order valence-corrected chi connectivity index (χ1v) is 4.60. The number of fused-ring (bicyclic) bond motifs is 1. The fourth-order valence-electron chi connectivity index (χ4n) is 1.40. The predicted molar refractivity (Wildman–Crippen MR) is 56.3 cm³/mol. The summed E-state index contributed by atoms with van der Waals surface area (Å²) in [4.78, 5) is 14.0. The van der Waals surface area contributed by atoms with Gasteiger partial charge in [-0.1, -0.05) is 11.6 Å². The molecule has 4 nitrogen and oxygen atoms in total. The minimum atomic E-state index is -0.611. The molecule has 0 fully saturated rings. The fourth-order valence-corrected chi connectivity index (χ4v) is 1.57. The highest BCUT2D eigenvalue weighted by molar-refractivity contribution is 6.31. The van der Waals surface area contributed by atoms with Crippen molar-refractivity contribution in [1.29, 1.82) is 0 Å². The Morgan fingerprint density at radius 2 is 2.27 bits per heavy atom. The molecule has 0 radical (unpaired) electrons. The van der Waals surface area contributed by atoms with E-state index < -0.39 is 5.97 Å². The van der Waals surface area contributed by atoms with Crippen molar-refractivity contribution in [3.8, 4) is 5.75 Å². The zero-order chi connectivity index (χ0) is 11.0. The SMILES string of the molecule is COC(=O)c1[nH]c2ccc(Cl)cc2c1O. The van der Waals surface area contributed by atoms with Gasteiger partial charge in [-0.05, 0) is 18.2 Å². The highest BCUT2D eigenvalue weighted by Gasteiger charge is 2.17. The Bertz CT molecular complexity index is 533. The number of nitrogens with one attached hydrogen (secondary N) is 1. The average Bonchev–Trinajstić information content (AvgIpc) is 2.55. The lowest BCUT2D eigenvalue weighted by atomic mass is 10.2. The van der Waals surface area contributed by atoms with Gasteiger partial charge in [0.05, 0.1) is 7.11 Å². The number of ether oxygens (including phenoxy) is 1. The summed E-state index contributed by atoms with van der Waals surface area (Å²) < 4.78 is 4.51. The Morgan fingerprint density at radius 3 is 2.93 bits per heavy atom. The van der Waals surface area contributed by atoms with Crippen molar-refractivity contribution in [2.24, 2.45) is 0 Å². The average molecular weight is 226 g/mol. The molecule has 1 aromatic carbocycles. The third-order valence-electron chi connectivity index (χ3n) is 2.12. The molecule has 2 rings (SSSR count). The van der Waals surface area contributed by atoms with E-state index in [1.54, 1.807) is 18.2 Å². The molecular formula is C10H8ClNO3. The minimum Gasteiger partial charge on any atom is -0.505 e. The van der Waals surface area contributed by atoms with Crippen LogP contribution in [-0.4, -0.2) is 23.2 Å². The number of carbonyl (C=O) groups excluding carboxylic acids is 1. The number of methoxy groups -OCH3 is 1. The number of esters is 1. The lowest BCUT2D eigenvalue weighted by molar-refractivity contribution is 0.0592. The van der Waals surface area contributed by atoms with E-state index in [-0.39, 0.29) is 11.4 Å². The summed E-state index contributed by atoms with van der Waals surface area (Å²) >= 11 is 5.77. The number of aromatic amines is 1. The van der Waals surface area contributed by atoms with E-state index in [4.69, 9.17) is 11.6 Å². The summed E-state index contributed by atoms with van der Waals surface area (Å²) in [5.74, 6) is -0.751. The van der Waals surface area contributed by atoms with E-state index in [2.05, 4.69) is 9.72 Å². The minimum absolute atomic E-state index is 0.0368. The second kappa shape index (κ2) is 3.47. The molecule has 0 spiro atoms. The van der Waals surface area contributed by atoms with Crippen molar-refractivity contribution in [1.82, 2.24) is 4.98 Å². The van der Waals surface area contributed by atoms with Gasteiger partial charge < -0.3 is 14.8 Å². The third-order valence-corrected chi connectivity index (χ3v) is 2.36. The molecule has 1 aromatic heterocycles. The molecule has 0 unspecified atom stereocenters. The van der Waals surface area contributed by atoms with Gasteiger partial charge in [-0.25, -0.2) is 4.79 Å². The molecule has 0 aliphatic carbocycles. The zero-order valence-electron chi connectivity index (χ0n) is 7.87. The van der Waals surface area contributed by atoms with Gasteiger partial charge in [0.15, 0.2) is 11.4 Å². The first-order valence-electron chi connectivity index (χ1n) is 4.22. The summed E-state index contributed by atoms with van der Waals surface area (Å²) in [6, 6.07) is 4.93. The Morgan fingerprint density at radius 1 is 1.53 bits per heavy atom. The van der Waals surface area contributed by atoms with Crippen LogP contribution in [0.5, 0.6) is 5.75 Å². The molecule has 0 bridgehead atoms. The van der Waals surface area contributed by atoms with Crippen LogP contribution in [0, 0.1) is 0 Å². The normalized spacial score (nSPS) is 10.5. The number of aromatic hydroxyl groups is 1. The van der Waals surface area contributed by atoms with Crippen molar-refractivity contribution in [3.05, 3.63) is 28.9 Å². The zero-order valence-corrected chi connectivity index (χ0v) is 8.63. The molecule has 15 heavy (non-hydrogen) atoms. The van der Waals surface area contributed by atoms with Gasteiger partial charge in [0, 0.05) is 15.9 Å². The molecule has 2 aromatic rings. The largest absolute Gasteiger partial charge is 0.505 e. The van der Waals surface area contributed by atoms with Crippen molar-refractivity contribution in [3.63, 3.8) is 0 Å². The maximum atomic E-state index is 11.2. The van der Waals surface area contributed by atoms with E-state index in [1.165, 1.54) is 7.11 Å². The first-order chi connectivity index (χ1) is 7.13. The number of hydrogen-bond acceptors (Lipinski definition) is 3. The Balaban J connectivity index is 2.69. The number of aromatic nitrogens is 1. The molecule has 0 saturated carbocycles. The second-order valence-electron chi connectivity index (χ2n) is 3.03. The van der Waals surface area contributed by atoms with Gasteiger partial charge in [0.1, 0.15) is 0 Å². The highest BCUT2D eigenvalue weighted by atomic mass is 35.5. The van der Waals surface area contributed by atoms with Crippen LogP contribution in [-0.2, 0) is 4.74 Å². The topological polar surface area (TPSA) is 62.3 Å². The molecular weight excluding hydrogens is 218 g/mol. The van der Waals surface area contributed by atoms with Crippen LogP contribution >= 0.6 is 11.6 Å². The van der Waals surface area contributed by atoms with E-state index >= 15 is 0 Å². The number of halogens is 1. The van der Waals surface area contributed by atoms with E-state index in [0.717, 1.165) is 0 Å². The van der Waals surface area contributed by atoms with Crippen LogP contribution in [0.25, 0.3) is 10.9 Å². The van der Waals surface area contributed by atoms with Gasteiger partial charge in [-0.15, -0.1) is 0 Å². The van der Waals surface area contributed by atoms with Crippen LogP contribution in [0.3, 0.4) is 0 Å². The number of benzene rings is 1. The fraction of sp³-hybridized carbons (Fsp3) is 0.100. The maximum absolute atomic E-state index is 11.2. The molecule has 0 saturated heterocycles. The Kier molecular flexibility index (Phi) is 2.28. The standard InChI is InChI=1S/C10H8ClNO3/c1-15-10(14)8-9(13)6-4-5(11)2-3-7(6)12-8/h2-4,12-13H,1H3. The van der Waals surface area contributed by atoms with Crippen LogP contribution < -0.4 is 0 Å². The molecule has 2 N–H and O–H groups in total. The van der Waals surface area contributed by atoms with Crippen molar-refractivity contribution in [2.45, 2.75) is 0 Å². The van der Waals surface area contributed by atoms with Gasteiger partial charge in [-0.3, -0.25) is 0 Å². The van der Waals surface area contributed by atoms with E-state index in [1.807, 2.05) is 0 Å². The molecule has 1 heterocycles. The Labute approximate surface area is 90.4 Å².